The number of carboxylic acids is 1. The van der Waals surface area contributed by atoms with Crippen LogP contribution < -0.4 is 64.6 Å². The number of nitrogens with one attached hydrogen (secondary N) is 10. The topological polar surface area (TPSA) is 401 Å². The van der Waals surface area contributed by atoms with Gasteiger partial charge in [0.1, 0.15) is 48.3 Å². The number of aliphatic carboxylic acids is 1. The molecule has 0 aromatic rings. The normalized spacial score (nSPS) is 16.3. The summed E-state index contributed by atoms with van der Waals surface area (Å²) in [6, 6.07) is -10.1. The highest BCUT2D eigenvalue weighted by Gasteiger charge is 2.40. The van der Waals surface area contributed by atoms with E-state index in [1.165, 1.54) is 23.6 Å². The molecule has 0 radical (unpaired) electrons. The van der Waals surface area contributed by atoms with E-state index >= 15 is 0 Å². The van der Waals surface area contributed by atoms with E-state index in [9.17, 15) is 62.6 Å². The first-order valence-electron chi connectivity index (χ1n) is 25.8. The molecule has 0 spiro atoms. The molecule has 0 aromatic heterocycles. The Morgan fingerprint density at radius 1 is 0.584 bits per heavy atom. The van der Waals surface area contributed by atoms with Crippen molar-refractivity contribution in [2.24, 2.45) is 29.2 Å². The number of rotatable bonds is 36. The predicted molar refractivity (Wildman–Crippen MR) is 296 cm³/mol. The maximum Gasteiger partial charge on any atom is 0.326 e. The number of hydrogen-bond donors (Lipinski definition) is 15. The molecule has 0 bridgehead atoms. The molecule has 0 unspecified atom stereocenters. The van der Waals surface area contributed by atoms with Crippen LogP contribution in [0.5, 0.6) is 0 Å². The number of hydrogen-bond acceptors (Lipinski definition) is 17. The Kier molecular flexibility index (Phi) is 33.1. The van der Waals surface area contributed by atoms with E-state index < -0.39 is 151 Å². The van der Waals surface area contributed by atoms with Crippen LogP contribution in [0.1, 0.15) is 99.8 Å². The van der Waals surface area contributed by atoms with Crippen molar-refractivity contribution in [1.82, 2.24) is 58.1 Å². The van der Waals surface area contributed by atoms with Crippen LogP contribution in [0.25, 0.3) is 0 Å². The number of nitrogens with two attached hydrogens (primary N) is 2. The number of carbonyl (C=O) groups is 12. The second-order valence-electron chi connectivity index (χ2n) is 19.9. The molecule has 15 N–H and O–H groups in total. The van der Waals surface area contributed by atoms with Gasteiger partial charge in [0.05, 0.1) is 25.7 Å². The van der Waals surface area contributed by atoms with Crippen LogP contribution in [0.4, 0.5) is 0 Å². The number of nitrogens with zero attached hydrogens (tertiary/aromatic N) is 1. The number of carboxylic acid groups (broad SMARTS) is 1. The van der Waals surface area contributed by atoms with Gasteiger partial charge in [-0.1, -0.05) is 41.5 Å². The average Bonchev–Trinajstić information content (AvgIpc) is 3.86. The largest absolute Gasteiger partial charge is 0.480 e. The van der Waals surface area contributed by atoms with Crippen LogP contribution in [0, 0.1) is 17.8 Å². The predicted octanol–water partition coefficient (Wildman–Crippen LogP) is -3.36. The van der Waals surface area contributed by atoms with Gasteiger partial charge in [-0.2, -0.15) is 37.0 Å². The van der Waals surface area contributed by atoms with E-state index in [0.717, 1.165) is 0 Å². The average molecular weight is 1150 g/mol. The van der Waals surface area contributed by atoms with Gasteiger partial charge in [0.25, 0.3) is 0 Å². The third-order valence-corrected chi connectivity index (χ3v) is 13.3. The Bertz CT molecular complexity index is 2020. The van der Waals surface area contributed by atoms with Crippen molar-refractivity contribution < 1.29 is 62.6 Å². The highest BCUT2D eigenvalue weighted by molar-refractivity contribution is 7.98. The molecule has 0 aromatic carbocycles. The van der Waals surface area contributed by atoms with Crippen molar-refractivity contribution in [3.63, 3.8) is 0 Å². The van der Waals surface area contributed by atoms with Crippen LogP contribution in [0.3, 0.4) is 0 Å². The molecule has 0 saturated carbocycles. The molecule has 1 heterocycles. The number of amides is 11. The first-order valence-corrected chi connectivity index (χ1v) is 28.5. The summed E-state index contributed by atoms with van der Waals surface area (Å²) in [4.78, 5) is 158. The van der Waals surface area contributed by atoms with Gasteiger partial charge < -0.3 is 74.6 Å². The smallest absolute Gasteiger partial charge is 0.326 e. The van der Waals surface area contributed by atoms with Gasteiger partial charge in [0, 0.05) is 18.1 Å². The third kappa shape index (κ3) is 26.2. The molecule has 1 aliphatic heterocycles. The molecular weight excluding hydrogens is 1060 g/mol. The summed E-state index contributed by atoms with van der Waals surface area (Å²) in [5, 5.41) is 34.6. The monoisotopic (exact) mass is 1150 g/mol. The molecule has 26 nitrogen and oxygen atoms in total. The molecule has 0 aliphatic carbocycles. The van der Waals surface area contributed by atoms with Gasteiger partial charge >= 0.3 is 5.97 Å². The van der Waals surface area contributed by atoms with E-state index in [4.69, 9.17) is 11.5 Å². The lowest BCUT2D eigenvalue weighted by Crippen LogP contribution is -2.60. The van der Waals surface area contributed by atoms with Gasteiger partial charge in [-0.15, -0.1) is 0 Å². The third-order valence-electron chi connectivity index (χ3n) is 11.9. The van der Waals surface area contributed by atoms with Crippen LogP contribution in [0.15, 0.2) is 0 Å². The molecule has 11 amide bonds. The zero-order valence-corrected chi connectivity index (χ0v) is 48.1. The van der Waals surface area contributed by atoms with Crippen LogP contribution in [-0.4, -0.2) is 192 Å². The van der Waals surface area contributed by atoms with Gasteiger partial charge in [-0.3, -0.25) is 52.7 Å². The van der Waals surface area contributed by atoms with Crippen molar-refractivity contribution >= 4 is 108 Å². The summed E-state index contributed by atoms with van der Waals surface area (Å²) >= 11 is 9.93. The zero-order chi connectivity index (χ0) is 58.5. The van der Waals surface area contributed by atoms with E-state index in [-0.39, 0.29) is 62.0 Å². The first-order chi connectivity index (χ1) is 36.2. The molecule has 29 heteroatoms. The van der Waals surface area contributed by atoms with Gasteiger partial charge in [0.15, 0.2) is 0 Å². The minimum atomic E-state index is -1.29. The number of unbranched alkanes of at least 4 members (excludes halogenated alkanes) is 1. The summed E-state index contributed by atoms with van der Waals surface area (Å²) in [6.45, 7) is 10.8. The fraction of sp³-hybridized carbons (Fsp3) is 0.750. The van der Waals surface area contributed by atoms with E-state index in [0.29, 0.717) is 31.6 Å². The molecule has 1 aliphatic rings. The Morgan fingerprint density at radius 3 is 1.64 bits per heavy atom. The lowest BCUT2D eigenvalue weighted by Gasteiger charge is -2.31. The Labute approximate surface area is 466 Å². The highest BCUT2D eigenvalue weighted by Crippen LogP contribution is 2.21. The van der Waals surface area contributed by atoms with Crippen LogP contribution in [-0.2, 0) is 57.5 Å². The second-order valence-corrected chi connectivity index (χ2v) is 21.7. The van der Waals surface area contributed by atoms with Gasteiger partial charge in [0.2, 0.25) is 65.0 Å². The number of thioether (sulfide) groups is 1. The van der Waals surface area contributed by atoms with Crippen LogP contribution >= 0.6 is 37.0 Å². The summed E-state index contributed by atoms with van der Waals surface area (Å²) in [6.07, 6.45) is 4.17. The molecule has 1 rings (SSSR count). The maximum absolute atomic E-state index is 14.1. The summed E-state index contributed by atoms with van der Waals surface area (Å²) in [5.74, 6) is -9.60. The van der Waals surface area contributed by atoms with E-state index in [1.54, 1.807) is 27.7 Å². The Balaban J connectivity index is 3.02. The molecule has 1 saturated heterocycles. The van der Waals surface area contributed by atoms with Crippen molar-refractivity contribution in [3.8, 4) is 0 Å². The fourth-order valence-corrected chi connectivity index (χ4v) is 8.73. The van der Waals surface area contributed by atoms with Crippen molar-refractivity contribution in [1.29, 1.82) is 0 Å². The Morgan fingerprint density at radius 2 is 1.09 bits per heavy atom. The van der Waals surface area contributed by atoms with E-state index in [2.05, 4.69) is 78.4 Å². The Hall–Kier alpha value is -5.39. The number of thiol groups is 2. The fourth-order valence-electron chi connectivity index (χ4n) is 7.75. The van der Waals surface area contributed by atoms with Crippen molar-refractivity contribution in [2.45, 2.75) is 154 Å². The first kappa shape index (κ1) is 69.6. The quantitative estimate of drug-likeness (QED) is 0.0215. The second kappa shape index (κ2) is 36.7. The number of carbonyl (C=O) groups excluding carboxylic acids is 11. The maximum atomic E-state index is 14.1. The zero-order valence-electron chi connectivity index (χ0n) is 45.5. The lowest BCUT2D eigenvalue weighted by atomic mass is 9.99. The van der Waals surface area contributed by atoms with Gasteiger partial charge in [-0.05, 0) is 94.6 Å². The highest BCUT2D eigenvalue weighted by atomic mass is 32.2. The van der Waals surface area contributed by atoms with Crippen LogP contribution in [0.2, 0.25) is 0 Å². The summed E-state index contributed by atoms with van der Waals surface area (Å²) in [5.41, 5.74) is 11.1. The minimum absolute atomic E-state index is 0.107. The number of likely N-dealkylation sites (tertiary alicyclic amines) is 1. The molecular formula is C48H85N13O13S3. The van der Waals surface area contributed by atoms with Crippen molar-refractivity contribution in [3.05, 3.63) is 0 Å². The standard InChI is InChI=1S/C48H85N13O13S3/c1-25(2)18-31(43(68)60-39(27(5)6)46(71)53-20-36(62)51-21-37(63)54-30(48(73)74)12-9-10-15-49)57-44(69)34(24-76)59-45(70)35-13-11-16-61(35)47(72)32(19-26(3)4)55-38(64)22-52-41(66)33(23-75)58-42(67)29(14-17-77-8)56-40(65)28(7)50/h25-35,39,75-76H,9-24,49-50H2,1-8H3,(H,51,62)(H,52,66)(H,53,71)(H,54,63)(H,55,64)(H,56,65)(H,57,69)(H,58,67)(H,59,70)(H,60,68)(H,73,74)/t28-,29-,30-,31-,32-,33-,34-,35-,39-/m0/s1. The molecule has 77 heavy (non-hydrogen) atoms. The minimum Gasteiger partial charge on any atom is -0.480 e. The summed E-state index contributed by atoms with van der Waals surface area (Å²) in [7, 11) is 0. The summed E-state index contributed by atoms with van der Waals surface area (Å²) < 4.78 is 0. The molecule has 9 atom stereocenters. The molecule has 438 valence electrons. The lowest BCUT2D eigenvalue weighted by molar-refractivity contribution is -0.142. The van der Waals surface area contributed by atoms with Gasteiger partial charge in [-0.25, -0.2) is 4.79 Å². The SMILES string of the molecule is CSCC[C@H](NC(=O)[C@H](C)N)C(=O)N[C@@H](CS)C(=O)NCC(=O)N[C@@H](CC(C)C)C(=O)N1CCC[C@H]1C(=O)N[C@@H](CS)C(=O)N[C@@H](CC(C)C)C(=O)N[C@H](C(=O)NCC(=O)NCC(=O)N[C@@H](CCCCN)C(=O)O)C(C)C. The molecule has 1 fully saturated rings. The van der Waals surface area contributed by atoms with E-state index in [1.807, 2.05) is 20.1 Å². The van der Waals surface area contributed by atoms with Crippen molar-refractivity contribution in [2.75, 3.05) is 56.2 Å².